The maximum Gasteiger partial charge on any atom is 0.191 e. The van der Waals surface area contributed by atoms with E-state index in [-0.39, 0.29) is 29.8 Å². The summed E-state index contributed by atoms with van der Waals surface area (Å²) in [4.78, 5) is 6.67. The summed E-state index contributed by atoms with van der Waals surface area (Å²) in [6.45, 7) is 4.86. The average molecular weight is 470 g/mol. The smallest absolute Gasteiger partial charge is 0.191 e. The molecular weight excluding hydrogens is 442 g/mol. The lowest BCUT2D eigenvalue weighted by atomic mass is 10.1. The van der Waals surface area contributed by atoms with E-state index in [0.717, 1.165) is 24.6 Å². The van der Waals surface area contributed by atoms with Crippen LogP contribution in [0.4, 0.5) is 4.39 Å². The van der Waals surface area contributed by atoms with Gasteiger partial charge < -0.3 is 15.5 Å². The average Bonchev–Trinajstić information content (AvgIpc) is 2.58. The van der Waals surface area contributed by atoms with Gasteiger partial charge in [-0.1, -0.05) is 36.4 Å². The summed E-state index contributed by atoms with van der Waals surface area (Å²) in [5.74, 6) is 0.493. The van der Waals surface area contributed by atoms with Crippen LogP contribution in [0.5, 0.6) is 0 Å². The Balaban J connectivity index is 0.00000338. The van der Waals surface area contributed by atoms with Gasteiger partial charge in [0.1, 0.15) is 5.82 Å². The van der Waals surface area contributed by atoms with Gasteiger partial charge in [-0.2, -0.15) is 0 Å². The predicted molar refractivity (Wildman–Crippen MR) is 117 cm³/mol. The zero-order valence-corrected chi connectivity index (χ0v) is 18.0. The van der Waals surface area contributed by atoms with E-state index in [4.69, 9.17) is 0 Å². The minimum atomic E-state index is -0.233. The molecule has 0 spiro atoms. The monoisotopic (exact) mass is 470 g/mol. The molecule has 2 N–H and O–H groups in total. The molecule has 0 saturated carbocycles. The first-order chi connectivity index (χ1) is 12.1. The molecular formula is C20H28FIN4. The van der Waals surface area contributed by atoms with E-state index in [9.17, 15) is 4.39 Å². The Labute approximate surface area is 172 Å². The highest BCUT2D eigenvalue weighted by Crippen LogP contribution is 2.07. The fourth-order valence-corrected chi connectivity index (χ4v) is 2.46. The zero-order chi connectivity index (χ0) is 18.1. The quantitative estimate of drug-likeness (QED) is 0.368. The number of nitrogens with zero attached hydrogens (tertiary/aromatic N) is 2. The Hall–Kier alpha value is -1.67. The molecule has 0 fully saturated rings. The first-order valence-electron chi connectivity index (χ1n) is 8.56. The van der Waals surface area contributed by atoms with Crippen molar-refractivity contribution in [3.8, 4) is 0 Å². The van der Waals surface area contributed by atoms with Crippen LogP contribution in [-0.4, -0.2) is 31.5 Å². The van der Waals surface area contributed by atoms with Crippen molar-refractivity contribution in [3.05, 3.63) is 71.0 Å². The SMILES string of the molecule is CCNC(=NCc1cccc(F)c1)NCc1ccc(CN(C)C)cc1.I. The summed E-state index contributed by atoms with van der Waals surface area (Å²) in [6.07, 6.45) is 0. The summed E-state index contributed by atoms with van der Waals surface area (Å²) in [6, 6.07) is 15.1. The molecule has 0 aliphatic rings. The first-order valence-corrected chi connectivity index (χ1v) is 8.56. The van der Waals surface area contributed by atoms with Gasteiger partial charge in [0.15, 0.2) is 5.96 Å². The molecule has 0 unspecified atom stereocenters. The lowest BCUT2D eigenvalue weighted by Crippen LogP contribution is -2.36. The number of aliphatic imine (C=N–C) groups is 1. The van der Waals surface area contributed by atoms with Crippen molar-refractivity contribution in [2.45, 2.75) is 26.6 Å². The molecule has 0 radical (unpaired) electrons. The highest BCUT2D eigenvalue weighted by molar-refractivity contribution is 14.0. The summed E-state index contributed by atoms with van der Waals surface area (Å²) in [7, 11) is 4.13. The van der Waals surface area contributed by atoms with E-state index in [2.05, 4.69) is 58.9 Å². The number of benzene rings is 2. The second-order valence-corrected chi connectivity index (χ2v) is 6.23. The van der Waals surface area contributed by atoms with Crippen LogP contribution < -0.4 is 10.6 Å². The fourth-order valence-electron chi connectivity index (χ4n) is 2.46. The molecule has 0 amide bonds. The Morgan fingerprint density at radius 1 is 1.00 bits per heavy atom. The van der Waals surface area contributed by atoms with Crippen molar-refractivity contribution in [2.75, 3.05) is 20.6 Å². The van der Waals surface area contributed by atoms with Gasteiger partial charge in [0.25, 0.3) is 0 Å². The number of nitrogens with one attached hydrogen (secondary N) is 2. The topological polar surface area (TPSA) is 39.7 Å². The second kappa shape index (κ2) is 11.9. The van der Waals surface area contributed by atoms with Crippen molar-refractivity contribution in [1.29, 1.82) is 0 Å². The highest BCUT2D eigenvalue weighted by Gasteiger charge is 2.01. The van der Waals surface area contributed by atoms with Crippen LogP contribution in [0, 0.1) is 5.82 Å². The Morgan fingerprint density at radius 3 is 2.31 bits per heavy atom. The van der Waals surface area contributed by atoms with E-state index in [0.29, 0.717) is 13.1 Å². The Bertz CT molecular complexity index is 686. The lowest BCUT2D eigenvalue weighted by molar-refractivity contribution is 0.402. The Morgan fingerprint density at radius 2 is 1.69 bits per heavy atom. The third-order valence-electron chi connectivity index (χ3n) is 3.63. The van der Waals surface area contributed by atoms with Gasteiger partial charge in [0.2, 0.25) is 0 Å². The maximum atomic E-state index is 13.2. The van der Waals surface area contributed by atoms with Crippen molar-refractivity contribution in [1.82, 2.24) is 15.5 Å². The van der Waals surface area contributed by atoms with E-state index in [1.54, 1.807) is 6.07 Å². The molecule has 0 aromatic heterocycles. The van der Waals surface area contributed by atoms with Crippen molar-refractivity contribution < 1.29 is 4.39 Å². The van der Waals surface area contributed by atoms with Crippen LogP contribution in [0.15, 0.2) is 53.5 Å². The molecule has 0 atom stereocenters. The third-order valence-corrected chi connectivity index (χ3v) is 3.63. The zero-order valence-electron chi connectivity index (χ0n) is 15.6. The first kappa shape index (κ1) is 22.4. The van der Waals surface area contributed by atoms with Crippen molar-refractivity contribution in [3.63, 3.8) is 0 Å². The molecule has 2 aromatic carbocycles. The molecule has 0 heterocycles. The molecule has 0 bridgehead atoms. The van der Waals surface area contributed by atoms with Gasteiger partial charge in [-0.05, 0) is 49.8 Å². The molecule has 6 heteroatoms. The molecule has 2 rings (SSSR count). The van der Waals surface area contributed by atoms with Gasteiger partial charge in [0.05, 0.1) is 6.54 Å². The molecule has 2 aromatic rings. The van der Waals surface area contributed by atoms with Crippen molar-refractivity contribution in [2.24, 2.45) is 4.99 Å². The third kappa shape index (κ3) is 8.14. The fraction of sp³-hybridized carbons (Fsp3) is 0.350. The van der Waals surface area contributed by atoms with Crippen molar-refractivity contribution >= 4 is 29.9 Å². The predicted octanol–water partition coefficient (Wildman–Crippen LogP) is 3.76. The summed E-state index contributed by atoms with van der Waals surface area (Å²) in [5, 5.41) is 6.53. The second-order valence-electron chi connectivity index (χ2n) is 6.23. The number of hydrogen-bond donors (Lipinski definition) is 2. The summed E-state index contributed by atoms with van der Waals surface area (Å²) in [5.41, 5.74) is 3.34. The minimum absolute atomic E-state index is 0. The van der Waals surface area contributed by atoms with E-state index in [1.165, 1.54) is 23.3 Å². The molecule has 26 heavy (non-hydrogen) atoms. The number of halogens is 2. The van der Waals surface area contributed by atoms with Crippen LogP contribution in [0.2, 0.25) is 0 Å². The van der Waals surface area contributed by atoms with Crippen LogP contribution in [-0.2, 0) is 19.6 Å². The van der Waals surface area contributed by atoms with Gasteiger partial charge in [0, 0.05) is 19.6 Å². The minimum Gasteiger partial charge on any atom is -0.357 e. The summed E-state index contributed by atoms with van der Waals surface area (Å²) >= 11 is 0. The molecule has 142 valence electrons. The number of guanidine groups is 1. The summed E-state index contributed by atoms with van der Waals surface area (Å²) < 4.78 is 13.2. The van der Waals surface area contributed by atoms with Crippen LogP contribution >= 0.6 is 24.0 Å². The van der Waals surface area contributed by atoms with Gasteiger partial charge in [-0.15, -0.1) is 24.0 Å². The molecule has 0 saturated heterocycles. The lowest BCUT2D eigenvalue weighted by Gasteiger charge is -2.13. The largest absolute Gasteiger partial charge is 0.357 e. The van der Waals surface area contributed by atoms with E-state index in [1.807, 2.05) is 13.0 Å². The molecule has 0 aliphatic carbocycles. The molecule has 0 aliphatic heterocycles. The van der Waals surface area contributed by atoms with Crippen LogP contribution in [0.25, 0.3) is 0 Å². The highest BCUT2D eigenvalue weighted by atomic mass is 127. The number of hydrogen-bond acceptors (Lipinski definition) is 2. The van der Waals surface area contributed by atoms with E-state index >= 15 is 0 Å². The normalized spacial score (nSPS) is 11.2. The van der Waals surface area contributed by atoms with E-state index < -0.39 is 0 Å². The van der Waals surface area contributed by atoms with Crippen LogP contribution in [0.1, 0.15) is 23.6 Å². The molecule has 4 nitrogen and oxygen atoms in total. The number of rotatable bonds is 7. The van der Waals surface area contributed by atoms with Gasteiger partial charge >= 0.3 is 0 Å². The van der Waals surface area contributed by atoms with Gasteiger partial charge in [-0.25, -0.2) is 9.38 Å². The van der Waals surface area contributed by atoms with Crippen LogP contribution in [0.3, 0.4) is 0 Å². The standard InChI is InChI=1S/C20H27FN4.HI/c1-4-22-20(24-14-18-6-5-7-19(21)12-18)23-13-16-8-10-17(11-9-16)15-25(2)3;/h5-12H,4,13-15H2,1-3H3,(H2,22,23,24);1H. The Kier molecular flexibility index (Phi) is 10.2. The van der Waals surface area contributed by atoms with Gasteiger partial charge in [-0.3, -0.25) is 0 Å². The maximum absolute atomic E-state index is 13.2.